The van der Waals surface area contributed by atoms with E-state index in [0.29, 0.717) is 12.6 Å². The number of aryl methyl sites for hydroxylation is 1. The molecule has 2 N–H and O–H groups in total. The van der Waals surface area contributed by atoms with Gasteiger partial charge in [0.15, 0.2) is 0 Å². The average Bonchev–Trinajstić information content (AvgIpc) is 2.77. The monoisotopic (exact) mass is 251 g/mol. The Bertz CT molecular complexity index is 343. The highest BCUT2D eigenvalue weighted by Gasteiger charge is 2.20. The Balaban J connectivity index is 1.68. The summed E-state index contributed by atoms with van der Waals surface area (Å²) in [6, 6.07) is 9.32. The first-order valence-electron chi connectivity index (χ1n) is 6.41. The van der Waals surface area contributed by atoms with Gasteiger partial charge in [0.05, 0.1) is 0 Å². The van der Waals surface area contributed by atoms with Gasteiger partial charge in [-0.25, -0.2) is 0 Å². The van der Waals surface area contributed by atoms with Crippen LogP contribution >= 0.6 is 11.8 Å². The molecule has 2 nitrogen and oxygen atoms in total. The molecule has 1 aromatic carbocycles. The lowest BCUT2D eigenvalue weighted by Gasteiger charge is -2.13. The van der Waals surface area contributed by atoms with Gasteiger partial charge in [-0.3, -0.25) is 0 Å². The van der Waals surface area contributed by atoms with Crippen LogP contribution in [0.2, 0.25) is 0 Å². The molecule has 2 rings (SSSR count). The maximum Gasteiger partial charge on any atom is 0.0438 e. The second-order valence-corrected chi connectivity index (χ2v) is 5.66. The summed E-state index contributed by atoms with van der Waals surface area (Å²) in [5.41, 5.74) is 3.01. The molecule has 0 fully saturated rings. The Morgan fingerprint density at radius 2 is 2.18 bits per heavy atom. The second kappa shape index (κ2) is 7.04. The van der Waals surface area contributed by atoms with Crippen molar-refractivity contribution in [3.8, 4) is 0 Å². The minimum Gasteiger partial charge on any atom is -0.396 e. The standard InChI is InChI=1S/C14H21NOS/c16-9-3-10-17-11-8-15-14-7-6-12-4-1-2-5-13(12)14/h1-2,4-5,14-16H,3,6-11H2. The van der Waals surface area contributed by atoms with E-state index >= 15 is 0 Å². The van der Waals surface area contributed by atoms with Crippen LogP contribution in [-0.4, -0.2) is 29.8 Å². The molecule has 0 amide bonds. The normalized spacial score (nSPS) is 18.3. The lowest BCUT2D eigenvalue weighted by molar-refractivity contribution is 0.296. The number of aliphatic hydroxyl groups excluding tert-OH is 1. The Hall–Kier alpha value is -0.510. The highest BCUT2D eigenvalue weighted by molar-refractivity contribution is 7.99. The summed E-state index contributed by atoms with van der Waals surface area (Å²) in [7, 11) is 0. The number of hydrogen-bond donors (Lipinski definition) is 2. The highest BCUT2D eigenvalue weighted by atomic mass is 32.2. The van der Waals surface area contributed by atoms with E-state index < -0.39 is 0 Å². The summed E-state index contributed by atoms with van der Waals surface area (Å²) in [4.78, 5) is 0. The molecule has 0 radical (unpaired) electrons. The third-order valence-electron chi connectivity index (χ3n) is 3.22. The van der Waals surface area contributed by atoms with Gasteiger partial charge in [-0.1, -0.05) is 24.3 Å². The third kappa shape index (κ3) is 3.73. The summed E-state index contributed by atoms with van der Waals surface area (Å²) in [6.45, 7) is 1.38. The zero-order valence-corrected chi connectivity index (χ0v) is 11.0. The van der Waals surface area contributed by atoms with E-state index in [9.17, 15) is 0 Å². The molecule has 3 heteroatoms. The summed E-state index contributed by atoms with van der Waals surface area (Å²) < 4.78 is 0. The number of rotatable bonds is 7. The number of hydrogen-bond acceptors (Lipinski definition) is 3. The van der Waals surface area contributed by atoms with Crippen LogP contribution in [0.1, 0.15) is 30.0 Å². The van der Waals surface area contributed by atoms with Gasteiger partial charge in [0.25, 0.3) is 0 Å². The van der Waals surface area contributed by atoms with Crippen LogP contribution in [0, 0.1) is 0 Å². The van der Waals surface area contributed by atoms with Crippen molar-refractivity contribution < 1.29 is 5.11 Å². The van der Waals surface area contributed by atoms with Gasteiger partial charge in [-0.05, 0) is 36.1 Å². The van der Waals surface area contributed by atoms with Gasteiger partial charge in [-0.2, -0.15) is 11.8 Å². The molecule has 1 unspecified atom stereocenters. The minimum atomic E-state index is 0.316. The number of aliphatic hydroxyl groups is 1. The van der Waals surface area contributed by atoms with Crippen LogP contribution in [0.4, 0.5) is 0 Å². The van der Waals surface area contributed by atoms with Crippen LogP contribution in [0.25, 0.3) is 0 Å². The SMILES string of the molecule is OCCCSCCNC1CCc2ccccc21. The molecule has 0 spiro atoms. The number of thioether (sulfide) groups is 1. The summed E-state index contributed by atoms with van der Waals surface area (Å²) in [6.07, 6.45) is 3.36. The summed E-state index contributed by atoms with van der Waals surface area (Å²) in [5.74, 6) is 2.21. The van der Waals surface area contributed by atoms with E-state index in [1.807, 2.05) is 11.8 Å². The van der Waals surface area contributed by atoms with Crippen molar-refractivity contribution in [3.63, 3.8) is 0 Å². The van der Waals surface area contributed by atoms with E-state index in [4.69, 9.17) is 5.11 Å². The van der Waals surface area contributed by atoms with E-state index in [0.717, 1.165) is 24.5 Å². The Morgan fingerprint density at radius 3 is 3.06 bits per heavy atom. The Labute approximate surface area is 108 Å². The lowest BCUT2D eigenvalue weighted by Crippen LogP contribution is -2.22. The molecule has 0 bridgehead atoms. The van der Waals surface area contributed by atoms with Gasteiger partial charge >= 0.3 is 0 Å². The lowest BCUT2D eigenvalue weighted by atomic mass is 10.1. The number of nitrogens with one attached hydrogen (secondary N) is 1. The molecule has 0 aliphatic heterocycles. The van der Waals surface area contributed by atoms with Crippen molar-refractivity contribution in [2.75, 3.05) is 24.7 Å². The van der Waals surface area contributed by atoms with Crippen LogP contribution in [-0.2, 0) is 6.42 Å². The fourth-order valence-corrected chi connectivity index (χ4v) is 3.14. The summed E-state index contributed by atoms with van der Waals surface area (Å²) >= 11 is 1.92. The first-order valence-corrected chi connectivity index (χ1v) is 7.57. The maximum absolute atomic E-state index is 8.68. The van der Waals surface area contributed by atoms with E-state index in [1.165, 1.54) is 24.0 Å². The zero-order valence-electron chi connectivity index (χ0n) is 10.2. The van der Waals surface area contributed by atoms with Crippen molar-refractivity contribution in [2.45, 2.75) is 25.3 Å². The predicted molar refractivity (Wildman–Crippen MR) is 74.5 cm³/mol. The van der Waals surface area contributed by atoms with Crippen molar-refractivity contribution >= 4 is 11.8 Å². The molecule has 0 saturated heterocycles. The zero-order chi connectivity index (χ0) is 11.9. The predicted octanol–water partition coefficient (Wildman–Crippen LogP) is 2.38. The molecule has 1 atom stereocenters. The highest BCUT2D eigenvalue weighted by Crippen LogP contribution is 2.30. The average molecular weight is 251 g/mol. The first-order chi connectivity index (χ1) is 8.42. The molecule has 0 aromatic heterocycles. The fraction of sp³-hybridized carbons (Fsp3) is 0.571. The number of fused-ring (bicyclic) bond motifs is 1. The van der Waals surface area contributed by atoms with Crippen molar-refractivity contribution in [2.24, 2.45) is 0 Å². The molecule has 17 heavy (non-hydrogen) atoms. The Kier molecular flexibility index (Phi) is 5.36. The van der Waals surface area contributed by atoms with Crippen LogP contribution in [0.15, 0.2) is 24.3 Å². The van der Waals surface area contributed by atoms with Crippen molar-refractivity contribution in [3.05, 3.63) is 35.4 Å². The van der Waals surface area contributed by atoms with E-state index in [1.54, 1.807) is 0 Å². The molecule has 1 aliphatic rings. The van der Waals surface area contributed by atoms with Crippen LogP contribution in [0.5, 0.6) is 0 Å². The second-order valence-electron chi connectivity index (χ2n) is 4.43. The molecule has 0 heterocycles. The molecule has 0 saturated carbocycles. The van der Waals surface area contributed by atoms with E-state index in [-0.39, 0.29) is 0 Å². The molecule has 94 valence electrons. The quantitative estimate of drug-likeness (QED) is 0.730. The topological polar surface area (TPSA) is 32.3 Å². The summed E-state index contributed by atoms with van der Waals surface area (Å²) in [5, 5.41) is 12.3. The van der Waals surface area contributed by atoms with Crippen molar-refractivity contribution in [1.29, 1.82) is 0 Å². The third-order valence-corrected chi connectivity index (χ3v) is 4.29. The largest absolute Gasteiger partial charge is 0.396 e. The maximum atomic E-state index is 8.68. The molecular formula is C14H21NOS. The van der Waals surface area contributed by atoms with Gasteiger partial charge < -0.3 is 10.4 Å². The first kappa shape index (κ1) is 12.9. The van der Waals surface area contributed by atoms with Gasteiger partial charge in [0, 0.05) is 24.9 Å². The van der Waals surface area contributed by atoms with Crippen LogP contribution < -0.4 is 5.32 Å². The van der Waals surface area contributed by atoms with Crippen molar-refractivity contribution in [1.82, 2.24) is 5.32 Å². The van der Waals surface area contributed by atoms with Gasteiger partial charge in [0.2, 0.25) is 0 Å². The molecular weight excluding hydrogens is 230 g/mol. The van der Waals surface area contributed by atoms with E-state index in [2.05, 4.69) is 29.6 Å². The van der Waals surface area contributed by atoms with Gasteiger partial charge in [-0.15, -0.1) is 0 Å². The fourth-order valence-electron chi connectivity index (χ4n) is 2.34. The molecule has 1 aromatic rings. The minimum absolute atomic E-state index is 0.316. The van der Waals surface area contributed by atoms with Gasteiger partial charge in [0.1, 0.15) is 0 Å². The molecule has 1 aliphatic carbocycles. The van der Waals surface area contributed by atoms with Crippen LogP contribution in [0.3, 0.4) is 0 Å². The Morgan fingerprint density at radius 1 is 1.29 bits per heavy atom. The number of benzene rings is 1. The smallest absolute Gasteiger partial charge is 0.0438 e.